The summed E-state index contributed by atoms with van der Waals surface area (Å²) in [6.07, 6.45) is 4.40. The third-order valence-electron chi connectivity index (χ3n) is 5.99. The van der Waals surface area contributed by atoms with Gasteiger partial charge in [-0.2, -0.15) is 0 Å². The molecule has 0 N–H and O–H groups in total. The quantitative estimate of drug-likeness (QED) is 0.278. The van der Waals surface area contributed by atoms with Crippen LogP contribution in [0.5, 0.6) is 0 Å². The summed E-state index contributed by atoms with van der Waals surface area (Å²) in [5.74, 6) is -0.481. The molecule has 5 heteroatoms. The van der Waals surface area contributed by atoms with Crippen LogP contribution in [0.1, 0.15) is 78.6 Å². The Morgan fingerprint density at radius 3 is 2.45 bits per heavy atom. The van der Waals surface area contributed by atoms with E-state index in [1.54, 1.807) is 4.90 Å². The van der Waals surface area contributed by atoms with Crippen LogP contribution in [0.2, 0.25) is 0 Å². The van der Waals surface area contributed by atoms with Crippen LogP contribution in [0.3, 0.4) is 0 Å². The van der Waals surface area contributed by atoms with Crippen molar-refractivity contribution in [3.8, 4) is 0 Å². The van der Waals surface area contributed by atoms with Crippen LogP contribution in [-0.4, -0.2) is 35.2 Å². The number of carbonyl (C=O) groups excluding carboxylic acids is 2. The number of hydrogen-bond donors (Lipinski definition) is 0. The zero-order valence-electron chi connectivity index (χ0n) is 18.5. The zero-order chi connectivity index (χ0) is 22.2. The van der Waals surface area contributed by atoms with Crippen LogP contribution >= 0.6 is 15.9 Å². The maximum absolute atomic E-state index is 13.3. The number of ketones is 1. The largest absolute Gasteiger partial charge is 0.440 e. The number of Topliss-reactive ketones (excluding diaryl/α,β-unsaturated/α-hetero) is 1. The summed E-state index contributed by atoms with van der Waals surface area (Å²) in [4.78, 5) is 28.0. The monoisotopic (exact) mass is 485 g/mol. The van der Waals surface area contributed by atoms with Gasteiger partial charge in [0.2, 0.25) is 0 Å². The van der Waals surface area contributed by atoms with Crippen molar-refractivity contribution in [1.82, 2.24) is 4.90 Å². The third kappa shape index (κ3) is 5.57. The summed E-state index contributed by atoms with van der Waals surface area (Å²) < 4.78 is 6.02. The van der Waals surface area contributed by atoms with Gasteiger partial charge in [-0.25, -0.2) is 4.79 Å². The number of nitrogens with zero attached hydrogens (tertiary/aromatic N) is 1. The van der Waals surface area contributed by atoms with Crippen LogP contribution in [-0.2, 0) is 11.2 Å². The van der Waals surface area contributed by atoms with Crippen LogP contribution in [0, 0.1) is 0 Å². The van der Waals surface area contributed by atoms with Crippen molar-refractivity contribution in [3.05, 3.63) is 70.8 Å². The highest BCUT2D eigenvalue weighted by molar-refractivity contribution is 9.09. The Bertz CT molecular complexity index is 880. The van der Waals surface area contributed by atoms with E-state index >= 15 is 0 Å². The van der Waals surface area contributed by atoms with Crippen molar-refractivity contribution in [2.24, 2.45) is 0 Å². The molecule has 2 atom stereocenters. The summed E-state index contributed by atoms with van der Waals surface area (Å²) in [6, 6.07) is 15.6. The standard InChI is InChI=1S/C26H32BrNO3/c1-3-5-6-9-18-28(4-2)26(30)31-25-22-11-8-7-10-21(22)24(29)23(25)20-14-12-19(13-15-20)16-17-27/h7-8,10-15,23,25H,3-6,9,16-18H2,1-2H3. The predicted octanol–water partition coefficient (Wildman–Crippen LogP) is 6.68. The molecule has 0 radical (unpaired) electrons. The van der Waals surface area contributed by atoms with E-state index in [1.807, 2.05) is 43.3 Å². The topological polar surface area (TPSA) is 46.6 Å². The molecule has 0 aliphatic heterocycles. The molecule has 2 aromatic rings. The number of fused-ring (bicyclic) bond motifs is 1. The number of amides is 1. The summed E-state index contributed by atoms with van der Waals surface area (Å²) in [5.41, 5.74) is 3.56. The van der Waals surface area contributed by atoms with Crippen LogP contribution < -0.4 is 0 Å². The lowest BCUT2D eigenvalue weighted by molar-refractivity contribution is 0.0523. The van der Waals surface area contributed by atoms with Gasteiger partial charge in [0.25, 0.3) is 0 Å². The van der Waals surface area contributed by atoms with Crippen molar-refractivity contribution < 1.29 is 14.3 Å². The summed E-state index contributed by atoms with van der Waals surface area (Å²) in [6.45, 7) is 5.42. The maximum Gasteiger partial charge on any atom is 0.410 e. The molecule has 0 spiro atoms. The fourth-order valence-electron chi connectivity index (χ4n) is 4.20. The minimum absolute atomic E-state index is 0.0210. The number of carbonyl (C=O) groups is 2. The lowest BCUT2D eigenvalue weighted by Gasteiger charge is -2.26. The number of ether oxygens (including phenoxy) is 1. The van der Waals surface area contributed by atoms with Gasteiger partial charge in [-0.3, -0.25) is 4.79 Å². The number of unbranched alkanes of at least 4 members (excludes halogenated alkanes) is 3. The van der Waals surface area contributed by atoms with Crippen molar-refractivity contribution in [2.75, 3.05) is 18.4 Å². The molecule has 31 heavy (non-hydrogen) atoms. The minimum atomic E-state index is -0.595. The van der Waals surface area contributed by atoms with Gasteiger partial charge in [0.1, 0.15) is 6.10 Å². The molecule has 0 saturated heterocycles. The van der Waals surface area contributed by atoms with E-state index in [0.717, 1.165) is 42.1 Å². The highest BCUT2D eigenvalue weighted by atomic mass is 79.9. The summed E-state index contributed by atoms with van der Waals surface area (Å²) >= 11 is 3.47. The molecule has 3 rings (SSSR count). The molecular weight excluding hydrogens is 454 g/mol. The molecule has 0 bridgehead atoms. The first-order valence-corrected chi connectivity index (χ1v) is 12.5. The average molecular weight is 486 g/mol. The van der Waals surface area contributed by atoms with Gasteiger partial charge in [-0.15, -0.1) is 0 Å². The van der Waals surface area contributed by atoms with Gasteiger partial charge in [0, 0.05) is 29.5 Å². The number of rotatable bonds is 10. The van der Waals surface area contributed by atoms with E-state index in [1.165, 1.54) is 12.0 Å². The lowest BCUT2D eigenvalue weighted by Crippen LogP contribution is -2.34. The second kappa shape index (κ2) is 11.5. The molecule has 1 aliphatic carbocycles. The molecule has 0 heterocycles. The first-order chi connectivity index (χ1) is 15.1. The SMILES string of the molecule is CCCCCCN(CC)C(=O)OC1c2ccccc2C(=O)C1c1ccc(CCBr)cc1. The van der Waals surface area contributed by atoms with E-state index < -0.39 is 12.0 Å². The minimum Gasteiger partial charge on any atom is -0.440 e. The Morgan fingerprint density at radius 1 is 1.03 bits per heavy atom. The van der Waals surface area contributed by atoms with Crippen LogP contribution in [0.25, 0.3) is 0 Å². The normalized spacial score (nSPS) is 17.5. The highest BCUT2D eigenvalue weighted by Crippen LogP contribution is 2.45. The molecule has 0 aromatic heterocycles. The van der Waals surface area contributed by atoms with Crippen LogP contribution in [0.15, 0.2) is 48.5 Å². The second-order valence-corrected chi connectivity index (χ2v) is 8.85. The van der Waals surface area contributed by atoms with E-state index in [-0.39, 0.29) is 11.9 Å². The third-order valence-corrected chi connectivity index (χ3v) is 6.39. The van der Waals surface area contributed by atoms with Crippen LogP contribution in [0.4, 0.5) is 4.79 Å². The van der Waals surface area contributed by atoms with Crippen molar-refractivity contribution in [2.45, 2.75) is 58.0 Å². The molecule has 166 valence electrons. The molecule has 0 fully saturated rings. The lowest BCUT2D eigenvalue weighted by atomic mass is 9.92. The first-order valence-electron chi connectivity index (χ1n) is 11.3. The van der Waals surface area contributed by atoms with Gasteiger partial charge in [-0.05, 0) is 30.9 Å². The Balaban J connectivity index is 1.82. The van der Waals surface area contributed by atoms with E-state index in [0.29, 0.717) is 18.7 Å². The number of hydrogen-bond acceptors (Lipinski definition) is 3. The van der Waals surface area contributed by atoms with E-state index in [4.69, 9.17) is 4.74 Å². The predicted molar refractivity (Wildman–Crippen MR) is 128 cm³/mol. The number of halogens is 1. The molecule has 2 aromatic carbocycles. The fourth-order valence-corrected chi connectivity index (χ4v) is 4.66. The summed E-state index contributed by atoms with van der Waals surface area (Å²) in [5, 5.41) is 0.894. The fraction of sp³-hybridized carbons (Fsp3) is 0.462. The number of alkyl halides is 1. The zero-order valence-corrected chi connectivity index (χ0v) is 20.1. The molecule has 4 nitrogen and oxygen atoms in total. The van der Waals surface area contributed by atoms with Gasteiger partial charge < -0.3 is 9.64 Å². The Kier molecular flexibility index (Phi) is 8.70. The Morgan fingerprint density at radius 2 is 1.77 bits per heavy atom. The highest BCUT2D eigenvalue weighted by Gasteiger charge is 2.43. The van der Waals surface area contributed by atoms with E-state index in [2.05, 4.69) is 35.0 Å². The first kappa shape index (κ1) is 23.5. The molecule has 2 unspecified atom stereocenters. The molecule has 0 saturated carbocycles. The van der Waals surface area contributed by atoms with Gasteiger partial charge in [0.05, 0.1) is 5.92 Å². The molecule has 1 aliphatic rings. The average Bonchev–Trinajstić information content (AvgIpc) is 3.06. The van der Waals surface area contributed by atoms with Crippen molar-refractivity contribution >= 4 is 27.8 Å². The van der Waals surface area contributed by atoms with Gasteiger partial charge >= 0.3 is 6.09 Å². The second-order valence-electron chi connectivity index (χ2n) is 8.05. The smallest absolute Gasteiger partial charge is 0.410 e. The van der Waals surface area contributed by atoms with Gasteiger partial charge in [0.15, 0.2) is 5.78 Å². The van der Waals surface area contributed by atoms with E-state index in [9.17, 15) is 9.59 Å². The van der Waals surface area contributed by atoms with Crippen molar-refractivity contribution in [1.29, 1.82) is 0 Å². The summed E-state index contributed by atoms with van der Waals surface area (Å²) in [7, 11) is 0. The molecule has 1 amide bonds. The number of aryl methyl sites for hydroxylation is 1. The molecular formula is C26H32BrNO3. The van der Waals surface area contributed by atoms with Crippen molar-refractivity contribution in [3.63, 3.8) is 0 Å². The number of benzene rings is 2. The Hall–Kier alpha value is -2.14. The Labute approximate surface area is 194 Å². The maximum atomic E-state index is 13.3. The van der Waals surface area contributed by atoms with Gasteiger partial charge in [-0.1, -0.05) is 90.6 Å².